The number of halogens is 1. The Hall–Kier alpha value is -1.11. The summed E-state index contributed by atoms with van der Waals surface area (Å²) in [7, 11) is 1.55. The van der Waals surface area contributed by atoms with Crippen LogP contribution in [0.2, 0.25) is 5.02 Å². The summed E-state index contributed by atoms with van der Waals surface area (Å²) >= 11 is 5.96. The molecule has 0 bridgehead atoms. The Balaban J connectivity index is 2.77. The summed E-state index contributed by atoms with van der Waals surface area (Å²) in [6.07, 6.45) is 1.50. The first-order valence-corrected chi connectivity index (χ1v) is 6.07. The highest BCUT2D eigenvalue weighted by Gasteiger charge is 2.09. The van der Waals surface area contributed by atoms with E-state index in [1.165, 1.54) is 10.9 Å². The predicted molar refractivity (Wildman–Crippen MR) is 70.1 cm³/mol. The standard InChI is InChI=1S/C11H18ClN3O3/c1-8(7-16)5-13-9-6-14-15(3-4-18-2)11(17)10(9)12/h6,8,13,16H,3-5,7H2,1-2H3. The Morgan fingerprint density at radius 2 is 2.39 bits per heavy atom. The molecule has 102 valence electrons. The monoisotopic (exact) mass is 275 g/mol. The average Bonchev–Trinajstić information content (AvgIpc) is 2.39. The molecule has 7 heteroatoms. The van der Waals surface area contributed by atoms with Crippen molar-refractivity contribution >= 4 is 17.3 Å². The molecule has 2 N–H and O–H groups in total. The third kappa shape index (κ3) is 3.97. The number of aliphatic hydroxyl groups excluding tert-OH is 1. The summed E-state index contributed by atoms with van der Waals surface area (Å²) in [5.41, 5.74) is 0.131. The number of rotatable bonds is 7. The van der Waals surface area contributed by atoms with E-state index in [4.69, 9.17) is 21.4 Å². The molecule has 1 heterocycles. The lowest BCUT2D eigenvalue weighted by atomic mass is 10.2. The fourth-order valence-electron chi connectivity index (χ4n) is 1.27. The molecule has 0 aliphatic heterocycles. The number of nitrogens with zero attached hydrogens (tertiary/aromatic N) is 2. The molecule has 1 aromatic rings. The maximum atomic E-state index is 11.8. The van der Waals surface area contributed by atoms with Crippen molar-refractivity contribution in [2.24, 2.45) is 5.92 Å². The van der Waals surface area contributed by atoms with Gasteiger partial charge in [0.2, 0.25) is 0 Å². The van der Waals surface area contributed by atoms with Crippen molar-refractivity contribution in [3.63, 3.8) is 0 Å². The van der Waals surface area contributed by atoms with Gasteiger partial charge in [-0.15, -0.1) is 0 Å². The third-order valence-corrected chi connectivity index (χ3v) is 2.81. The first-order chi connectivity index (χ1) is 8.60. The van der Waals surface area contributed by atoms with Crippen LogP contribution in [-0.4, -0.2) is 41.8 Å². The smallest absolute Gasteiger partial charge is 0.287 e. The van der Waals surface area contributed by atoms with E-state index in [1.807, 2.05) is 6.92 Å². The van der Waals surface area contributed by atoms with Crippen LogP contribution in [0, 0.1) is 5.92 Å². The SMILES string of the molecule is COCCn1ncc(NCC(C)CO)c(Cl)c1=O. The van der Waals surface area contributed by atoms with Crippen LogP contribution in [0.5, 0.6) is 0 Å². The van der Waals surface area contributed by atoms with Crippen LogP contribution in [0.25, 0.3) is 0 Å². The first-order valence-electron chi connectivity index (χ1n) is 5.69. The second-order valence-corrected chi connectivity index (χ2v) is 4.44. The number of aromatic nitrogens is 2. The fourth-order valence-corrected chi connectivity index (χ4v) is 1.49. The van der Waals surface area contributed by atoms with E-state index in [1.54, 1.807) is 7.11 Å². The summed E-state index contributed by atoms with van der Waals surface area (Å²) < 4.78 is 6.13. The van der Waals surface area contributed by atoms with Crippen LogP contribution in [-0.2, 0) is 11.3 Å². The van der Waals surface area contributed by atoms with Gasteiger partial charge < -0.3 is 15.2 Å². The lowest BCUT2D eigenvalue weighted by Crippen LogP contribution is -2.26. The van der Waals surface area contributed by atoms with Crippen molar-refractivity contribution in [3.05, 3.63) is 21.6 Å². The topological polar surface area (TPSA) is 76.4 Å². The number of hydrogen-bond acceptors (Lipinski definition) is 5. The number of aliphatic hydroxyl groups is 1. The fraction of sp³-hybridized carbons (Fsp3) is 0.636. The highest BCUT2D eigenvalue weighted by molar-refractivity contribution is 6.32. The first kappa shape index (κ1) is 14.9. The molecule has 0 amide bonds. The molecule has 1 atom stereocenters. The van der Waals surface area contributed by atoms with E-state index < -0.39 is 0 Å². The van der Waals surface area contributed by atoms with Gasteiger partial charge in [0.15, 0.2) is 0 Å². The van der Waals surface area contributed by atoms with Gasteiger partial charge in [-0.3, -0.25) is 4.79 Å². The molecule has 0 aliphatic carbocycles. The van der Waals surface area contributed by atoms with E-state index in [9.17, 15) is 4.79 Å². The highest BCUT2D eigenvalue weighted by atomic mass is 35.5. The van der Waals surface area contributed by atoms with Gasteiger partial charge in [0.25, 0.3) is 5.56 Å². The Morgan fingerprint density at radius 3 is 3.00 bits per heavy atom. The Morgan fingerprint density at radius 1 is 1.67 bits per heavy atom. The number of hydrogen-bond donors (Lipinski definition) is 2. The average molecular weight is 276 g/mol. The summed E-state index contributed by atoms with van der Waals surface area (Å²) in [5.74, 6) is 0.0805. The molecule has 6 nitrogen and oxygen atoms in total. The molecule has 1 rings (SSSR count). The van der Waals surface area contributed by atoms with Crippen LogP contribution in [0.1, 0.15) is 6.92 Å². The minimum Gasteiger partial charge on any atom is -0.396 e. The Kier molecular flexibility index (Phi) is 6.11. The lowest BCUT2D eigenvalue weighted by molar-refractivity contribution is 0.182. The molecule has 18 heavy (non-hydrogen) atoms. The zero-order valence-corrected chi connectivity index (χ0v) is 11.3. The van der Waals surface area contributed by atoms with Crippen LogP contribution >= 0.6 is 11.6 Å². The largest absolute Gasteiger partial charge is 0.396 e. The summed E-state index contributed by atoms with van der Waals surface area (Å²) in [6.45, 7) is 3.25. The quantitative estimate of drug-likeness (QED) is 0.761. The molecule has 0 aromatic carbocycles. The molecule has 1 unspecified atom stereocenters. The van der Waals surface area contributed by atoms with E-state index in [0.717, 1.165) is 0 Å². The van der Waals surface area contributed by atoms with Crippen LogP contribution in [0.3, 0.4) is 0 Å². The minimum absolute atomic E-state index is 0.0724. The highest BCUT2D eigenvalue weighted by Crippen LogP contribution is 2.15. The van der Waals surface area contributed by atoms with Gasteiger partial charge in [0.05, 0.1) is 25.0 Å². The van der Waals surface area contributed by atoms with E-state index in [-0.39, 0.29) is 23.1 Å². The molecule has 0 spiro atoms. The second kappa shape index (κ2) is 7.35. The van der Waals surface area contributed by atoms with Crippen LogP contribution in [0.4, 0.5) is 5.69 Å². The Bertz CT molecular complexity index is 436. The maximum Gasteiger partial charge on any atom is 0.287 e. The number of anilines is 1. The van der Waals surface area contributed by atoms with Gasteiger partial charge >= 0.3 is 0 Å². The van der Waals surface area contributed by atoms with E-state index in [0.29, 0.717) is 25.4 Å². The van der Waals surface area contributed by atoms with Crippen molar-refractivity contribution in [2.75, 3.05) is 32.2 Å². The summed E-state index contributed by atoms with van der Waals surface area (Å²) in [6, 6.07) is 0. The van der Waals surface area contributed by atoms with E-state index in [2.05, 4.69) is 10.4 Å². The molecule has 0 fully saturated rings. The molecular formula is C11H18ClN3O3. The van der Waals surface area contributed by atoms with Crippen LogP contribution in [0.15, 0.2) is 11.0 Å². The summed E-state index contributed by atoms with van der Waals surface area (Å²) in [5, 5.41) is 16.0. The number of methoxy groups -OCH3 is 1. The zero-order chi connectivity index (χ0) is 13.5. The molecule has 0 aliphatic rings. The molecule has 1 aromatic heterocycles. The Labute approximate surface area is 111 Å². The number of ether oxygens (including phenoxy) is 1. The third-order valence-electron chi connectivity index (χ3n) is 2.44. The van der Waals surface area contributed by atoms with Gasteiger partial charge in [0, 0.05) is 20.3 Å². The summed E-state index contributed by atoms with van der Waals surface area (Å²) in [4.78, 5) is 11.8. The van der Waals surface area contributed by atoms with Crippen molar-refractivity contribution in [2.45, 2.75) is 13.5 Å². The van der Waals surface area contributed by atoms with Crippen LogP contribution < -0.4 is 10.9 Å². The van der Waals surface area contributed by atoms with Crippen molar-refractivity contribution in [1.82, 2.24) is 9.78 Å². The van der Waals surface area contributed by atoms with Crippen molar-refractivity contribution in [3.8, 4) is 0 Å². The van der Waals surface area contributed by atoms with Gasteiger partial charge in [0.1, 0.15) is 5.02 Å². The number of nitrogens with one attached hydrogen (secondary N) is 1. The lowest BCUT2D eigenvalue weighted by Gasteiger charge is -2.12. The van der Waals surface area contributed by atoms with Crippen molar-refractivity contribution < 1.29 is 9.84 Å². The maximum absolute atomic E-state index is 11.8. The predicted octanol–water partition coefficient (Wildman–Crippen LogP) is 0.583. The minimum atomic E-state index is -0.352. The zero-order valence-electron chi connectivity index (χ0n) is 10.5. The molecule has 0 radical (unpaired) electrons. The normalized spacial score (nSPS) is 12.4. The molecule has 0 saturated carbocycles. The van der Waals surface area contributed by atoms with Gasteiger partial charge in [-0.05, 0) is 5.92 Å². The van der Waals surface area contributed by atoms with Gasteiger partial charge in [-0.1, -0.05) is 18.5 Å². The molecular weight excluding hydrogens is 258 g/mol. The van der Waals surface area contributed by atoms with E-state index >= 15 is 0 Å². The second-order valence-electron chi connectivity index (χ2n) is 4.06. The molecule has 0 saturated heterocycles. The van der Waals surface area contributed by atoms with Gasteiger partial charge in [-0.25, -0.2) is 4.68 Å². The van der Waals surface area contributed by atoms with Crippen molar-refractivity contribution in [1.29, 1.82) is 0 Å². The van der Waals surface area contributed by atoms with Gasteiger partial charge in [-0.2, -0.15) is 5.10 Å².